The van der Waals surface area contributed by atoms with Crippen LogP contribution in [-0.4, -0.2) is 44.2 Å². The molecular formula is C28H37F3NO2+. The molecule has 0 aliphatic carbocycles. The van der Waals surface area contributed by atoms with Crippen LogP contribution in [0.1, 0.15) is 68.6 Å². The number of quaternary nitrogens is 1. The molecule has 2 aromatic rings. The van der Waals surface area contributed by atoms with Gasteiger partial charge in [-0.05, 0) is 59.6 Å². The van der Waals surface area contributed by atoms with E-state index in [-0.39, 0.29) is 5.97 Å². The maximum absolute atomic E-state index is 13.1. The van der Waals surface area contributed by atoms with Crippen molar-refractivity contribution >= 4 is 5.97 Å². The standard InChI is InChI=1S/C28H37F3NO2/c1-6-34-27(33)26(15-19(2)3)24-17-22(20-7-9-25(10-8-20)28(29,30)31)16-23(18-24)21-11-13-32(4,5)14-12-21/h7-10,16-19,21,26H,6,11-15H2,1-5H3/q+1. The number of piperidine rings is 1. The summed E-state index contributed by atoms with van der Waals surface area (Å²) in [4.78, 5) is 12.9. The van der Waals surface area contributed by atoms with Crippen LogP contribution in [0, 0.1) is 5.92 Å². The van der Waals surface area contributed by atoms with Gasteiger partial charge in [0.15, 0.2) is 0 Å². The minimum Gasteiger partial charge on any atom is -0.466 e. The number of hydrogen-bond donors (Lipinski definition) is 0. The lowest BCUT2D eigenvalue weighted by Gasteiger charge is -2.37. The molecule has 0 spiro atoms. The molecule has 3 nitrogen and oxygen atoms in total. The highest BCUT2D eigenvalue weighted by Crippen LogP contribution is 2.37. The molecule has 0 aromatic heterocycles. The fourth-order valence-electron chi connectivity index (χ4n) is 4.81. The Balaban J connectivity index is 2.06. The molecule has 34 heavy (non-hydrogen) atoms. The molecule has 1 heterocycles. The zero-order valence-corrected chi connectivity index (χ0v) is 20.9. The first-order chi connectivity index (χ1) is 15.9. The largest absolute Gasteiger partial charge is 0.466 e. The second-order valence-corrected chi connectivity index (χ2v) is 10.6. The van der Waals surface area contributed by atoms with E-state index in [0.29, 0.717) is 24.9 Å². The molecule has 0 radical (unpaired) electrons. The Hall–Kier alpha value is -2.34. The van der Waals surface area contributed by atoms with Crippen molar-refractivity contribution in [1.29, 1.82) is 0 Å². The van der Waals surface area contributed by atoms with Crippen molar-refractivity contribution < 1.29 is 27.2 Å². The van der Waals surface area contributed by atoms with Crippen molar-refractivity contribution in [3.05, 3.63) is 59.2 Å². The highest BCUT2D eigenvalue weighted by Gasteiger charge is 2.31. The van der Waals surface area contributed by atoms with Gasteiger partial charge in [-0.3, -0.25) is 4.79 Å². The van der Waals surface area contributed by atoms with Gasteiger partial charge < -0.3 is 9.22 Å². The fraction of sp³-hybridized carbons (Fsp3) is 0.536. The third-order valence-electron chi connectivity index (χ3n) is 6.84. The fourth-order valence-corrected chi connectivity index (χ4v) is 4.81. The van der Waals surface area contributed by atoms with E-state index >= 15 is 0 Å². The Morgan fingerprint density at radius 2 is 1.65 bits per heavy atom. The summed E-state index contributed by atoms with van der Waals surface area (Å²) in [7, 11) is 4.47. The first kappa shape index (κ1) is 26.3. The van der Waals surface area contributed by atoms with Crippen LogP contribution in [-0.2, 0) is 15.7 Å². The van der Waals surface area contributed by atoms with E-state index in [1.165, 1.54) is 12.1 Å². The Morgan fingerprint density at radius 1 is 1.03 bits per heavy atom. The molecular weight excluding hydrogens is 439 g/mol. The average molecular weight is 477 g/mol. The summed E-state index contributed by atoms with van der Waals surface area (Å²) < 4.78 is 45.7. The molecule has 186 valence electrons. The van der Waals surface area contributed by atoms with E-state index in [4.69, 9.17) is 4.74 Å². The predicted molar refractivity (Wildman–Crippen MR) is 130 cm³/mol. The molecule has 3 rings (SSSR count). The van der Waals surface area contributed by atoms with Gasteiger partial charge in [-0.15, -0.1) is 0 Å². The molecule has 1 aliphatic heterocycles. The van der Waals surface area contributed by atoms with Crippen LogP contribution >= 0.6 is 0 Å². The van der Waals surface area contributed by atoms with Crippen LogP contribution in [0.4, 0.5) is 13.2 Å². The molecule has 1 aliphatic rings. The first-order valence-corrected chi connectivity index (χ1v) is 12.2. The molecule has 6 heteroatoms. The van der Waals surface area contributed by atoms with Gasteiger partial charge >= 0.3 is 12.1 Å². The maximum Gasteiger partial charge on any atom is 0.416 e. The summed E-state index contributed by atoms with van der Waals surface area (Å²) in [5.74, 6) is 0.0126. The lowest BCUT2D eigenvalue weighted by Crippen LogP contribution is -2.45. The maximum atomic E-state index is 13.1. The number of nitrogens with zero attached hydrogens (tertiary/aromatic N) is 1. The number of likely N-dealkylation sites (tertiary alicyclic amines) is 1. The summed E-state index contributed by atoms with van der Waals surface area (Å²) in [5, 5.41) is 0. The highest BCUT2D eigenvalue weighted by atomic mass is 19.4. The summed E-state index contributed by atoms with van der Waals surface area (Å²) in [6, 6.07) is 11.5. The quantitative estimate of drug-likeness (QED) is 0.317. The normalized spacial score (nSPS) is 17.6. The van der Waals surface area contributed by atoms with Crippen LogP contribution in [0.3, 0.4) is 0 Å². The lowest BCUT2D eigenvalue weighted by molar-refractivity contribution is -0.895. The van der Waals surface area contributed by atoms with Crippen LogP contribution in [0.2, 0.25) is 0 Å². The van der Waals surface area contributed by atoms with Gasteiger partial charge in [0.1, 0.15) is 0 Å². The van der Waals surface area contributed by atoms with Crippen LogP contribution < -0.4 is 0 Å². The summed E-state index contributed by atoms with van der Waals surface area (Å²) >= 11 is 0. The van der Waals surface area contributed by atoms with E-state index in [9.17, 15) is 18.0 Å². The van der Waals surface area contributed by atoms with Crippen LogP contribution in [0.5, 0.6) is 0 Å². The number of alkyl halides is 3. The minimum absolute atomic E-state index is 0.242. The van der Waals surface area contributed by atoms with Gasteiger partial charge in [0.05, 0.1) is 45.3 Å². The van der Waals surface area contributed by atoms with Crippen molar-refractivity contribution in [2.75, 3.05) is 33.8 Å². The number of rotatable bonds is 7. The summed E-state index contributed by atoms with van der Waals surface area (Å²) in [6.45, 7) is 8.41. The van der Waals surface area contributed by atoms with E-state index in [0.717, 1.165) is 64.8 Å². The van der Waals surface area contributed by atoms with Gasteiger partial charge in [0.2, 0.25) is 0 Å². The predicted octanol–water partition coefficient (Wildman–Crippen LogP) is 7.02. The molecule has 0 amide bonds. The van der Waals surface area contributed by atoms with Crippen molar-refractivity contribution in [2.45, 2.75) is 58.0 Å². The molecule has 1 atom stereocenters. The second kappa shape index (κ2) is 10.5. The van der Waals surface area contributed by atoms with E-state index in [2.05, 4.69) is 40.1 Å². The zero-order valence-electron chi connectivity index (χ0n) is 20.9. The van der Waals surface area contributed by atoms with Gasteiger partial charge in [-0.2, -0.15) is 13.2 Å². The zero-order chi connectivity index (χ0) is 25.1. The Kier molecular flexibility index (Phi) is 8.12. The van der Waals surface area contributed by atoms with Crippen molar-refractivity contribution in [1.82, 2.24) is 0 Å². The van der Waals surface area contributed by atoms with Gasteiger partial charge in [0, 0.05) is 12.8 Å². The number of carbonyl (C=O) groups excluding carboxylic acids is 1. The van der Waals surface area contributed by atoms with Crippen molar-refractivity contribution in [2.24, 2.45) is 5.92 Å². The molecule has 1 unspecified atom stereocenters. The topological polar surface area (TPSA) is 26.3 Å². The number of hydrogen-bond acceptors (Lipinski definition) is 2. The van der Waals surface area contributed by atoms with E-state index in [1.54, 1.807) is 6.92 Å². The van der Waals surface area contributed by atoms with Crippen molar-refractivity contribution in [3.63, 3.8) is 0 Å². The molecule has 0 bridgehead atoms. The number of halogens is 3. The third kappa shape index (κ3) is 6.62. The van der Waals surface area contributed by atoms with Crippen LogP contribution in [0.15, 0.2) is 42.5 Å². The summed E-state index contributed by atoms with van der Waals surface area (Å²) in [5.41, 5.74) is 2.95. The third-order valence-corrected chi connectivity index (χ3v) is 6.84. The van der Waals surface area contributed by atoms with Gasteiger partial charge in [0.25, 0.3) is 0 Å². The SMILES string of the molecule is CCOC(=O)C(CC(C)C)c1cc(-c2ccc(C(F)(F)F)cc2)cc(C2CC[N+](C)(C)CC2)c1. The number of ether oxygens (including phenoxy) is 1. The Bertz CT molecular complexity index is 970. The molecule has 1 saturated heterocycles. The number of benzene rings is 2. The lowest BCUT2D eigenvalue weighted by atomic mass is 9.82. The van der Waals surface area contributed by atoms with Crippen molar-refractivity contribution in [3.8, 4) is 11.1 Å². The number of esters is 1. The molecule has 1 fully saturated rings. The van der Waals surface area contributed by atoms with Gasteiger partial charge in [-0.25, -0.2) is 0 Å². The van der Waals surface area contributed by atoms with Crippen LogP contribution in [0.25, 0.3) is 11.1 Å². The Labute approximate surface area is 201 Å². The first-order valence-electron chi connectivity index (χ1n) is 12.2. The average Bonchev–Trinajstić information content (AvgIpc) is 2.76. The molecule has 2 aromatic carbocycles. The number of carbonyl (C=O) groups is 1. The molecule has 0 N–H and O–H groups in total. The molecule has 0 saturated carbocycles. The smallest absolute Gasteiger partial charge is 0.416 e. The van der Waals surface area contributed by atoms with E-state index < -0.39 is 17.7 Å². The highest BCUT2D eigenvalue weighted by molar-refractivity contribution is 5.79. The summed E-state index contributed by atoms with van der Waals surface area (Å²) in [6.07, 6.45) is -1.64. The van der Waals surface area contributed by atoms with E-state index in [1.807, 2.05) is 6.07 Å². The Morgan fingerprint density at radius 3 is 2.18 bits per heavy atom. The second-order valence-electron chi connectivity index (χ2n) is 10.6. The monoisotopic (exact) mass is 476 g/mol. The van der Waals surface area contributed by atoms with Gasteiger partial charge in [-0.1, -0.05) is 44.2 Å². The minimum atomic E-state index is -4.37.